The molecule has 0 aliphatic heterocycles. The van der Waals surface area contributed by atoms with Crippen LogP contribution >= 0.6 is 11.6 Å². The van der Waals surface area contributed by atoms with Crippen molar-refractivity contribution in [3.05, 3.63) is 58.4 Å². The van der Waals surface area contributed by atoms with E-state index in [1.807, 2.05) is 0 Å². The molecule has 0 unspecified atom stereocenters. The predicted octanol–water partition coefficient (Wildman–Crippen LogP) is 3.54. The number of hydrazine groups is 1. The Morgan fingerprint density at radius 3 is 2.55 bits per heavy atom. The number of nitrogens with one attached hydrogen (secondary N) is 2. The Bertz CT molecular complexity index is 1010. The van der Waals surface area contributed by atoms with Crippen molar-refractivity contribution >= 4 is 27.5 Å². The highest BCUT2D eigenvalue weighted by molar-refractivity contribution is 7.90. The third kappa shape index (κ3) is 5.14. The second-order valence-electron chi connectivity index (χ2n) is 7.04. The van der Waals surface area contributed by atoms with Crippen LogP contribution in [0.3, 0.4) is 0 Å². The third-order valence-electron chi connectivity index (χ3n) is 5.01. The van der Waals surface area contributed by atoms with E-state index in [-0.39, 0.29) is 17.2 Å². The van der Waals surface area contributed by atoms with Gasteiger partial charge in [0, 0.05) is 0 Å². The van der Waals surface area contributed by atoms with Crippen LogP contribution in [0.1, 0.15) is 48.0 Å². The van der Waals surface area contributed by atoms with E-state index in [1.165, 1.54) is 12.1 Å². The molecule has 2 aromatic rings. The number of carbonyl (C=O) groups excluding carboxylic acids is 1. The first-order chi connectivity index (χ1) is 13.8. The SMILES string of the molecule is O=C(NNS(=O)(=O)C1CCCCC1)c1cc(-c2cccc(CO)c2)cc(Cl)c1F. The Morgan fingerprint density at radius 2 is 1.86 bits per heavy atom. The molecule has 0 aromatic heterocycles. The molecule has 6 nitrogen and oxygen atoms in total. The summed E-state index contributed by atoms with van der Waals surface area (Å²) in [4.78, 5) is 14.6. The molecule has 0 spiro atoms. The maximum absolute atomic E-state index is 14.5. The first kappa shape index (κ1) is 21.7. The van der Waals surface area contributed by atoms with Crippen LogP contribution in [0.4, 0.5) is 4.39 Å². The zero-order valence-electron chi connectivity index (χ0n) is 15.6. The molecule has 1 aliphatic carbocycles. The average Bonchev–Trinajstić information content (AvgIpc) is 2.74. The van der Waals surface area contributed by atoms with Crippen LogP contribution in [-0.2, 0) is 16.6 Å². The number of carbonyl (C=O) groups is 1. The highest BCUT2D eigenvalue weighted by atomic mass is 35.5. The zero-order chi connectivity index (χ0) is 21.0. The molecular weight excluding hydrogens is 419 g/mol. The summed E-state index contributed by atoms with van der Waals surface area (Å²) in [7, 11) is -3.75. The number of aliphatic hydroxyl groups is 1. The van der Waals surface area contributed by atoms with Crippen LogP contribution in [-0.4, -0.2) is 24.7 Å². The van der Waals surface area contributed by atoms with Gasteiger partial charge in [-0.3, -0.25) is 10.2 Å². The topological polar surface area (TPSA) is 95.5 Å². The Morgan fingerprint density at radius 1 is 1.14 bits per heavy atom. The maximum Gasteiger partial charge on any atom is 0.269 e. The standard InChI is InChI=1S/C20H22ClFN2O4S/c21-18-11-15(14-6-4-5-13(9-14)12-25)10-17(19(18)22)20(26)23-24-29(27,28)16-7-2-1-3-8-16/h4-6,9-11,16,24-25H,1-3,7-8,12H2,(H,23,26). The smallest absolute Gasteiger partial charge is 0.269 e. The van der Waals surface area contributed by atoms with E-state index >= 15 is 0 Å². The summed E-state index contributed by atoms with van der Waals surface area (Å²) < 4.78 is 39.2. The Labute approximate surface area is 174 Å². The molecule has 2 aromatic carbocycles. The number of aliphatic hydroxyl groups excluding tert-OH is 1. The van der Waals surface area contributed by atoms with Crippen molar-refractivity contribution in [1.29, 1.82) is 0 Å². The van der Waals surface area contributed by atoms with E-state index in [4.69, 9.17) is 11.6 Å². The molecule has 0 radical (unpaired) electrons. The first-order valence-electron chi connectivity index (χ1n) is 9.32. The van der Waals surface area contributed by atoms with Gasteiger partial charge < -0.3 is 5.11 Å². The largest absolute Gasteiger partial charge is 0.392 e. The van der Waals surface area contributed by atoms with Gasteiger partial charge in [-0.05, 0) is 47.7 Å². The van der Waals surface area contributed by atoms with Crippen LogP contribution in [0, 0.1) is 5.82 Å². The van der Waals surface area contributed by atoms with Gasteiger partial charge in [-0.25, -0.2) is 12.8 Å². The van der Waals surface area contributed by atoms with Crippen LogP contribution in [0.2, 0.25) is 5.02 Å². The summed E-state index contributed by atoms with van der Waals surface area (Å²) in [5.41, 5.74) is 3.46. The lowest BCUT2D eigenvalue weighted by atomic mass is 10.0. The van der Waals surface area contributed by atoms with Crippen LogP contribution < -0.4 is 10.3 Å². The summed E-state index contributed by atoms with van der Waals surface area (Å²) in [5.74, 6) is -1.88. The summed E-state index contributed by atoms with van der Waals surface area (Å²) in [5, 5.41) is 8.45. The van der Waals surface area contributed by atoms with E-state index < -0.39 is 27.0 Å². The minimum absolute atomic E-state index is 0.168. The highest BCUT2D eigenvalue weighted by Gasteiger charge is 2.28. The van der Waals surface area contributed by atoms with Crippen molar-refractivity contribution in [2.75, 3.05) is 0 Å². The number of rotatable bonds is 6. The summed E-state index contributed by atoms with van der Waals surface area (Å²) in [6.45, 7) is -0.168. The van der Waals surface area contributed by atoms with Gasteiger partial charge >= 0.3 is 0 Å². The van der Waals surface area contributed by atoms with Gasteiger partial charge in [-0.1, -0.05) is 49.1 Å². The molecule has 3 rings (SSSR count). The van der Waals surface area contributed by atoms with E-state index in [0.717, 1.165) is 19.3 Å². The van der Waals surface area contributed by atoms with Gasteiger partial charge in [-0.15, -0.1) is 4.83 Å². The zero-order valence-corrected chi connectivity index (χ0v) is 17.2. The summed E-state index contributed by atoms with van der Waals surface area (Å²) >= 11 is 5.96. The average molecular weight is 441 g/mol. The molecule has 29 heavy (non-hydrogen) atoms. The number of hydrogen-bond acceptors (Lipinski definition) is 4. The third-order valence-corrected chi connectivity index (χ3v) is 7.02. The van der Waals surface area contributed by atoms with Crippen molar-refractivity contribution in [2.45, 2.75) is 44.0 Å². The normalized spacial score (nSPS) is 15.3. The quantitative estimate of drug-likeness (QED) is 0.599. The fourth-order valence-electron chi connectivity index (χ4n) is 3.41. The summed E-state index contributed by atoms with van der Waals surface area (Å²) in [6.07, 6.45) is 3.69. The van der Waals surface area contributed by atoms with Crippen LogP contribution in [0.15, 0.2) is 36.4 Å². The van der Waals surface area contributed by atoms with E-state index in [0.29, 0.717) is 29.5 Å². The van der Waals surface area contributed by atoms with Gasteiger partial charge in [0.25, 0.3) is 5.91 Å². The summed E-state index contributed by atoms with van der Waals surface area (Å²) in [6, 6.07) is 9.53. The first-order valence-corrected chi connectivity index (χ1v) is 11.2. The van der Waals surface area contributed by atoms with Crippen LogP contribution in [0.25, 0.3) is 11.1 Å². The van der Waals surface area contributed by atoms with Gasteiger partial charge in [-0.2, -0.15) is 0 Å². The second kappa shape index (κ2) is 9.21. The molecule has 0 heterocycles. The monoisotopic (exact) mass is 440 g/mol. The van der Waals surface area contributed by atoms with Crippen molar-refractivity contribution in [1.82, 2.24) is 10.3 Å². The molecule has 0 bridgehead atoms. The van der Waals surface area contributed by atoms with E-state index in [9.17, 15) is 22.7 Å². The fourth-order valence-corrected chi connectivity index (χ4v) is 4.99. The maximum atomic E-state index is 14.5. The van der Waals surface area contributed by atoms with Gasteiger partial charge in [0.1, 0.15) is 0 Å². The van der Waals surface area contributed by atoms with Gasteiger partial charge in [0.05, 0.1) is 22.4 Å². The lowest BCUT2D eigenvalue weighted by Gasteiger charge is -2.22. The fraction of sp³-hybridized carbons (Fsp3) is 0.350. The second-order valence-corrected chi connectivity index (χ2v) is 9.41. The molecule has 0 saturated heterocycles. The molecule has 0 atom stereocenters. The number of benzene rings is 2. The van der Waals surface area contributed by atoms with Crippen molar-refractivity contribution < 1.29 is 22.7 Å². The highest BCUT2D eigenvalue weighted by Crippen LogP contribution is 2.29. The molecule has 1 amide bonds. The predicted molar refractivity (Wildman–Crippen MR) is 109 cm³/mol. The van der Waals surface area contributed by atoms with Crippen molar-refractivity contribution in [3.63, 3.8) is 0 Å². The lowest BCUT2D eigenvalue weighted by molar-refractivity contribution is 0.0941. The van der Waals surface area contributed by atoms with Crippen LogP contribution in [0.5, 0.6) is 0 Å². The molecule has 156 valence electrons. The number of amides is 1. The van der Waals surface area contributed by atoms with Crippen molar-refractivity contribution in [2.24, 2.45) is 0 Å². The molecule has 1 saturated carbocycles. The molecule has 1 aliphatic rings. The number of hydrogen-bond donors (Lipinski definition) is 3. The molecule has 9 heteroatoms. The molecule has 1 fully saturated rings. The number of sulfonamides is 1. The van der Waals surface area contributed by atoms with E-state index in [2.05, 4.69) is 10.3 Å². The lowest BCUT2D eigenvalue weighted by Crippen LogP contribution is -2.46. The number of halogens is 2. The van der Waals surface area contributed by atoms with Crippen molar-refractivity contribution in [3.8, 4) is 11.1 Å². The Hall–Kier alpha value is -2.00. The minimum atomic E-state index is -3.75. The minimum Gasteiger partial charge on any atom is -0.392 e. The van der Waals surface area contributed by atoms with E-state index in [1.54, 1.807) is 24.3 Å². The van der Waals surface area contributed by atoms with Gasteiger partial charge in [0.2, 0.25) is 10.0 Å². The molecular formula is C20H22ClFN2O4S. The molecule has 3 N–H and O–H groups in total. The van der Waals surface area contributed by atoms with Gasteiger partial charge in [0.15, 0.2) is 5.82 Å². The Balaban J connectivity index is 1.82. The Kier molecular flexibility index (Phi) is 6.89.